The molecule has 7 heteroatoms. The third kappa shape index (κ3) is 3.58. The number of esters is 1. The van der Waals surface area contributed by atoms with Gasteiger partial charge in [-0.3, -0.25) is 0 Å². The number of hydrogen-bond donors (Lipinski definition) is 0. The molecule has 0 bridgehead atoms. The second-order valence-corrected chi connectivity index (χ2v) is 8.91. The van der Waals surface area contributed by atoms with Gasteiger partial charge >= 0.3 is 5.97 Å². The quantitative estimate of drug-likeness (QED) is 0.640. The fourth-order valence-electron chi connectivity index (χ4n) is 2.49. The monoisotopic (exact) mass is 375 g/mol. The fraction of sp³-hybridized carbons (Fsp3) is 0.167. The van der Waals surface area contributed by atoms with Crippen LogP contribution < -0.4 is 0 Å². The van der Waals surface area contributed by atoms with E-state index in [0.717, 1.165) is 15.6 Å². The van der Waals surface area contributed by atoms with E-state index in [4.69, 9.17) is 4.74 Å². The Morgan fingerprint density at radius 2 is 1.88 bits per heavy atom. The van der Waals surface area contributed by atoms with E-state index in [0.29, 0.717) is 9.77 Å². The Morgan fingerprint density at radius 1 is 1.12 bits per heavy atom. The van der Waals surface area contributed by atoms with Crippen LogP contribution in [0.4, 0.5) is 0 Å². The Morgan fingerprint density at radius 3 is 2.60 bits per heavy atom. The smallest absolute Gasteiger partial charge is 0.337 e. The van der Waals surface area contributed by atoms with E-state index in [-0.39, 0.29) is 6.54 Å². The first-order valence-corrected chi connectivity index (χ1v) is 9.79. The number of carbonyl (C=O) groups excluding carboxylic acids is 1. The maximum Gasteiger partial charge on any atom is 0.337 e. The summed E-state index contributed by atoms with van der Waals surface area (Å²) in [4.78, 5) is 11.6. The minimum Gasteiger partial charge on any atom is -0.465 e. The van der Waals surface area contributed by atoms with Crippen LogP contribution >= 0.6 is 11.3 Å². The maximum atomic E-state index is 12.8. The normalized spacial score (nSPS) is 11.8. The van der Waals surface area contributed by atoms with Crippen LogP contribution in [0.3, 0.4) is 0 Å². The molecule has 25 heavy (non-hydrogen) atoms. The van der Waals surface area contributed by atoms with E-state index < -0.39 is 16.0 Å². The van der Waals surface area contributed by atoms with E-state index in [9.17, 15) is 13.2 Å². The lowest BCUT2D eigenvalue weighted by atomic mass is 10.1. The number of fused-ring (bicyclic) bond motifs is 1. The summed E-state index contributed by atoms with van der Waals surface area (Å²) in [5.41, 5.74) is 1.11. The van der Waals surface area contributed by atoms with E-state index in [2.05, 4.69) is 0 Å². The highest BCUT2D eigenvalue weighted by Crippen LogP contribution is 2.30. The number of hydrogen-bond acceptors (Lipinski definition) is 5. The molecule has 0 radical (unpaired) electrons. The molecule has 0 aliphatic rings. The summed E-state index contributed by atoms with van der Waals surface area (Å²) < 4.78 is 32.9. The first kappa shape index (κ1) is 17.6. The Kier molecular flexibility index (Phi) is 4.89. The molecule has 3 rings (SSSR count). The summed E-state index contributed by atoms with van der Waals surface area (Å²) in [5.74, 6) is -0.447. The van der Waals surface area contributed by atoms with Crippen molar-refractivity contribution in [3.63, 3.8) is 0 Å². The van der Waals surface area contributed by atoms with Crippen molar-refractivity contribution in [1.82, 2.24) is 4.31 Å². The second kappa shape index (κ2) is 6.95. The highest BCUT2D eigenvalue weighted by atomic mass is 32.2. The molecule has 130 valence electrons. The molecule has 0 spiro atoms. The van der Waals surface area contributed by atoms with Crippen LogP contribution in [0.5, 0.6) is 0 Å². The minimum absolute atomic E-state index is 0.168. The van der Waals surface area contributed by atoms with E-state index >= 15 is 0 Å². The standard InChI is InChI=1S/C18H17NO4S2/c1-19(12-13-6-5-8-15(10-13)18(20)23-2)25(21,22)17-11-14-7-3-4-9-16(14)24-17/h3-11H,12H2,1-2H3. The Labute approximate surface area is 150 Å². The summed E-state index contributed by atoms with van der Waals surface area (Å²) in [6, 6.07) is 16.0. The van der Waals surface area contributed by atoms with Crippen LogP contribution in [0, 0.1) is 0 Å². The zero-order valence-electron chi connectivity index (χ0n) is 13.8. The van der Waals surface area contributed by atoms with Crippen molar-refractivity contribution in [2.24, 2.45) is 0 Å². The Balaban J connectivity index is 1.87. The molecule has 3 aromatic rings. The largest absolute Gasteiger partial charge is 0.465 e. The SMILES string of the molecule is COC(=O)c1cccc(CN(C)S(=O)(=O)c2cc3ccccc3s2)c1. The van der Waals surface area contributed by atoms with Gasteiger partial charge < -0.3 is 4.74 Å². The summed E-state index contributed by atoms with van der Waals surface area (Å²) in [5, 5.41) is 0.909. The Bertz CT molecular complexity index is 991. The zero-order chi connectivity index (χ0) is 18.0. The Hall–Kier alpha value is -2.22. The van der Waals surface area contributed by atoms with Gasteiger partial charge in [0, 0.05) is 18.3 Å². The molecule has 2 aromatic carbocycles. The molecule has 0 unspecified atom stereocenters. The van der Waals surface area contributed by atoms with Crippen molar-refractivity contribution in [3.8, 4) is 0 Å². The highest BCUT2D eigenvalue weighted by Gasteiger charge is 2.23. The van der Waals surface area contributed by atoms with Crippen molar-refractivity contribution in [2.75, 3.05) is 14.2 Å². The molecule has 1 aromatic heterocycles. The second-order valence-electron chi connectivity index (χ2n) is 5.56. The first-order chi connectivity index (χ1) is 11.9. The van der Waals surface area contributed by atoms with Crippen LogP contribution in [0.25, 0.3) is 10.1 Å². The number of benzene rings is 2. The molecule has 1 heterocycles. The lowest BCUT2D eigenvalue weighted by Crippen LogP contribution is -2.25. The highest BCUT2D eigenvalue weighted by molar-refractivity contribution is 7.91. The molecular weight excluding hydrogens is 358 g/mol. The summed E-state index contributed by atoms with van der Waals surface area (Å²) in [6.07, 6.45) is 0. The van der Waals surface area contributed by atoms with Gasteiger partial charge in [-0.25, -0.2) is 13.2 Å². The van der Waals surface area contributed by atoms with Crippen LogP contribution in [-0.2, 0) is 21.3 Å². The van der Waals surface area contributed by atoms with Gasteiger partial charge in [0.1, 0.15) is 4.21 Å². The van der Waals surface area contributed by atoms with E-state index in [1.807, 2.05) is 24.3 Å². The molecule has 0 saturated carbocycles. The molecule has 0 atom stereocenters. The maximum absolute atomic E-state index is 12.8. The van der Waals surface area contributed by atoms with Gasteiger partial charge in [0.25, 0.3) is 10.0 Å². The summed E-state index contributed by atoms with van der Waals surface area (Å²) >= 11 is 1.25. The molecular formula is C18H17NO4S2. The molecule has 0 fully saturated rings. The number of ether oxygens (including phenoxy) is 1. The third-order valence-corrected chi connectivity index (χ3v) is 7.19. The molecule has 0 aliphatic carbocycles. The van der Waals surface area contributed by atoms with Crippen LogP contribution in [0.15, 0.2) is 58.8 Å². The average Bonchev–Trinajstić information content (AvgIpc) is 3.06. The fourth-order valence-corrected chi connectivity index (χ4v) is 5.26. The van der Waals surface area contributed by atoms with Gasteiger partial charge in [0.15, 0.2) is 0 Å². The number of sulfonamides is 1. The van der Waals surface area contributed by atoms with Crippen molar-refractivity contribution in [2.45, 2.75) is 10.8 Å². The number of methoxy groups -OCH3 is 1. The van der Waals surface area contributed by atoms with Gasteiger partial charge in [0.2, 0.25) is 0 Å². The zero-order valence-corrected chi connectivity index (χ0v) is 15.4. The van der Waals surface area contributed by atoms with Crippen molar-refractivity contribution < 1.29 is 17.9 Å². The van der Waals surface area contributed by atoms with Crippen LogP contribution in [0.1, 0.15) is 15.9 Å². The van der Waals surface area contributed by atoms with Gasteiger partial charge in [0.05, 0.1) is 12.7 Å². The van der Waals surface area contributed by atoms with Gasteiger partial charge in [-0.1, -0.05) is 30.3 Å². The predicted octanol–water partition coefficient (Wildman–Crippen LogP) is 3.51. The van der Waals surface area contributed by atoms with E-state index in [1.54, 1.807) is 30.3 Å². The molecule has 0 saturated heterocycles. The summed E-state index contributed by atoms with van der Waals surface area (Å²) in [7, 11) is -0.757. The van der Waals surface area contributed by atoms with Crippen LogP contribution in [-0.4, -0.2) is 32.8 Å². The predicted molar refractivity (Wildman–Crippen MR) is 98.3 cm³/mol. The number of nitrogens with zero attached hydrogens (tertiary/aromatic N) is 1. The summed E-state index contributed by atoms with van der Waals surface area (Å²) in [6.45, 7) is 0.168. The van der Waals surface area contributed by atoms with Gasteiger partial charge in [-0.15, -0.1) is 11.3 Å². The van der Waals surface area contributed by atoms with Gasteiger partial charge in [-0.2, -0.15) is 4.31 Å². The van der Waals surface area contributed by atoms with E-state index in [1.165, 1.54) is 29.8 Å². The lowest BCUT2D eigenvalue weighted by Gasteiger charge is -2.16. The topological polar surface area (TPSA) is 63.7 Å². The minimum atomic E-state index is -3.60. The first-order valence-electron chi connectivity index (χ1n) is 7.54. The van der Waals surface area contributed by atoms with Gasteiger partial charge in [-0.05, 0) is 35.2 Å². The molecule has 0 N–H and O–H groups in total. The average molecular weight is 375 g/mol. The third-order valence-electron chi connectivity index (χ3n) is 3.82. The number of thiophene rings is 1. The van der Waals surface area contributed by atoms with Crippen molar-refractivity contribution in [1.29, 1.82) is 0 Å². The molecule has 0 aliphatic heterocycles. The molecule has 0 amide bonds. The van der Waals surface area contributed by atoms with Crippen molar-refractivity contribution >= 4 is 37.4 Å². The molecule has 5 nitrogen and oxygen atoms in total. The van der Waals surface area contributed by atoms with Crippen molar-refractivity contribution in [3.05, 3.63) is 65.7 Å². The number of rotatable bonds is 5. The van der Waals surface area contributed by atoms with Crippen LogP contribution in [0.2, 0.25) is 0 Å². The number of carbonyl (C=O) groups is 1. The lowest BCUT2D eigenvalue weighted by molar-refractivity contribution is 0.0600.